The third-order valence-electron chi connectivity index (χ3n) is 3.80. The molecule has 0 saturated heterocycles. The smallest absolute Gasteiger partial charge is 0.286 e. The second kappa shape index (κ2) is 7.19. The summed E-state index contributed by atoms with van der Waals surface area (Å²) in [5.41, 5.74) is 7.94. The summed E-state index contributed by atoms with van der Waals surface area (Å²) in [6, 6.07) is 10.7. The predicted octanol–water partition coefficient (Wildman–Crippen LogP) is 4.60. The molecule has 4 rings (SSSR count). The van der Waals surface area contributed by atoms with E-state index in [0.717, 1.165) is 16.5 Å². The van der Waals surface area contributed by atoms with Crippen molar-refractivity contribution >= 4 is 74.5 Å². The molecular weight excluding hydrogens is 405 g/mol. The van der Waals surface area contributed by atoms with Crippen LogP contribution in [0.25, 0.3) is 17.0 Å². The number of nitrogen functional groups attached to an aromatic ring is 1. The van der Waals surface area contributed by atoms with E-state index >= 15 is 0 Å². The van der Waals surface area contributed by atoms with Crippen molar-refractivity contribution in [3.63, 3.8) is 0 Å². The third kappa shape index (κ3) is 3.62. The minimum Gasteiger partial charge on any atom is -0.383 e. The van der Waals surface area contributed by atoms with E-state index in [2.05, 4.69) is 20.3 Å². The number of nitrogens with one attached hydrogen (secondary N) is 1. The zero-order valence-corrected chi connectivity index (χ0v) is 15.9. The zero-order chi connectivity index (χ0) is 19.0. The number of anilines is 2. The Kier molecular flexibility index (Phi) is 4.73. The van der Waals surface area contributed by atoms with Crippen LogP contribution >= 0.6 is 35.0 Å². The van der Waals surface area contributed by atoms with Gasteiger partial charge in [0.25, 0.3) is 5.91 Å². The first kappa shape index (κ1) is 17.8. The minimum absolute atomic E-state index is 0.344. The second-order valence-electron chi connectivity index (χ2n) is 5.59. The van der Waals surface area contributed by atoms with E-state index in [1.807, 2.05) is 18.2 Å². The second-order valence-corrected chi connectivity index (χ2v) is 7.43. The van der Waals surface area contributed by atoms with Gasteiger partial charge >= 0.3 is 0 Å². The Morgan fingerprint density at radius 3 is 2.67 bits per heavy atom. The maximum atomic E-state index is 12.2. The summed E-state index contributed by atoms with van der Waals surface area (Å²) in [7, 11) is 0. The van der Waals surface area contributed by atoms with Crippen LogP contribution in [-0.4, -0.2) is 21.0 Å². The standard InChI is InChI=1S/C18H11Cl2N5OS/c19-11-2-1-3-12(20)15(11)24-18-25-17(26)14(27-18)7-9-4-5-13-10(6-9)16(21)23-8-22-13/h1-8H,(H2,21,22,23)(H,24,25,26). The van der Waals surface area contributed by atoms with E-state index in [4.69, 9.17) is 28.9 Å². The summed E-state index contributed by atoms with van der Waals surface area (Å²) in [5, 5.41) is 5.03. The van der Waals surface area contributed by atoms with Gasteiger partial charge in [-0.2, -0.15) is 4.99 Å². The van der Waals surface area contributed by atoms with Crippen molar-refractivity contribution in [2.75, 3.05) is 11.1 Å². The fourth-order valence-corrected chi connectivity index (χ4v) is 3.83. The zero-order valence-electron chi connectivity index (χ0n) is 13.6. The van der Waals surface area contributed by atoms with Crippen LogP contribution in [0.4, 0.5) is 11.5 Å². The third-order valence-corrected chi connectivity index (χ3v) is 5.33. The first-order chi connectivity index (χ1) is 13.0. The van der Waals surface area contributed by atoms with Gasteiger partial charge in [0.05, 0.1) is 26.2 Å². The molecule has 0 atom stereocenters. The van der Waals surface area contributed by atoms with E-state index in [1.54, 1.807) is 24.3 Å². The highest BCUT2D eigenvalue weighted by atomic mass is 35.5. The number of aromatic nitrogens is 2. The maximum absolute atomic E-state index is 12.2. The van der Waals surface area contributed by atoms with Crippen LogP contribution in [0.3, 0.4) is 0 Å². The number of carbonyl (C=O) groups excluding carboxylic acids is 1. The van der Waals surface area contributed by atoms with Crippen LogP contribution in [0.15, 0.2) is 52.6 Å². The van der Waals surface area contributed by atoms with Crippen molar-refractivity contribution in [2.45, 2.75) is 0 Å². The van der Waals surface area contributed by atoms with Crippen LogP contribution in [-0.2, 0) is 4.79 Å². The number of aliphatic imine (C=N–C) groups is 1. The summed E-state index contributed by atoms with van der Waals surface area (Å²) in [6.45, 7) is 0. The van der Waals surface area contributed by atoms with Gasteiger partial charge in [-0.15, -0.1) is 0 Å². The largest absolute Gasteiger partial charge is 0.383 e. The number of nitrogens with zero attached hydrogens (tertiary/aromatic N) is 3. The molecule has 2 heterocycles. The van der Waals surface area contributed by atoms with Crippen molar-refractivity contribution in [2.24, 2.45) is 4.99 Å². The molecule has 1 aliphatic heterocycles. The van der Waals surface area contributed by atoms with Gasteiger partial charge in [0.15, 0.2) is 5.17 Å². The van der Waals surface area contributed by atoms with Gasteiger partial charge in [0.2, 0.25) is 0 Å². The van der Waals surface area contributed by atoms with Crippen LogP contribution in [0.2, 0.25) is 10.0 Å². The SMILES string of the molecule is Nc1ncnc2ccc(C=C3SC(Nc4c(Cl)cccc4Cl)=NC3=O)cc12. The van der Waals surface area contributed by atoms with Crippen molar-refractivity contribution < 1.29 is 4.79 Å². The van der Waals surface area contributed by atoms with Gasteiger partial charge in [-0.25, -0.2) is 9.97 Å². The molecule has 3 N–H and O–H groups in total. The van der Waals surface area contributed by atoms with Crippen LogP contribution in [0.5, 0.6) is 0 Å². The molecule has 9 heteroatoms. The van der Waals surface area contributed by atoms with Crippen LogP contribution in [0, 0.1) is 0 Å². The molecule has 27 heavy (non-hydrogen) atoms. The number of amidine groups is 1. The fourth-order valence-electron chi connectivity index (χ4n) is 2.52. The molecule has 1 aliphatic rings. The van der Waals surface area contributed by atoms with Crippen molar-refractivity contribution in [3.05, 3.63) is 63.2 Å². The number of amides is 1. The quantitative estimate of drug-likeness (QED) is 0.593. The van der Waals surface area contributed by atoms with E-state index in [0.29, 0.717) is 31.6 Å². The van der Waals surface area contributed by atoms with Gasteiger partial charge in [0, 0.05) is 5.39 Å². The molecule has 134 valence electrons. The summed E-state index contributed by atoms with van der Waals surface area (Å²) < 4.78 is 0. The lowest BCUT2D eigenvalue weighted by Crippen LogP contribution is -2.05. The summed E-state index contributed by atoms with van der Waals surface area (Å²) in [4.78, 5) is 24.9. The molecule has 0 spiro atoms. The number of carbonyl (C=O) groups is 1. The molecule has 1 amide bonds. The number of thioether (sulfide) groups is 1. The van der Waals surface area contributed by atoms with E-state index in [9.17, 15) is 4.79 Å². The van der Waals surface area contributed by atoms with E-state index in [-0.39, 0.29) is 5.91 Å². The van der Waals surface area contributed by atoms with E-state index < -0.39 is 0 Å². The Labute approximate surface area is 168 Å². The monoisotopic (exact) mass is 415 g/mol. The molecule has 0 radical (unpaired) electrons. The van der Waals surface area contributed by atoms with Crippen molar-refractivity contribution in [1.82, 2.24) is 9.97 Å². The van der Waals surface area contributed by atoms with Crippen molar-refractivity contribution in [3.8, 4) is 0 Å². The number of halogens is 2. The fraction of sp³-hybridized carbons (Fsp3) is 0. The van der Waals surface area contributed by atoms with Gasteiger partial charge < -0.3 is 11.1 Å². The molecule has 0 saturated carbocycles. The topological polar surface area (TPSA) is 93.3 Å². The molecule has 6 nitrogen and oxygen atoms in total. The lowest BCUT2D eigenvalue weighted by Gasteiger charge is -2.08. The Balaban J connectivity index is 1.60. The molecule has 0 aliphatic carbocycles. The number of fused-ring (bicyclic) bond motifs is 1. The maximum Gasteiger partial charge on any atom is 0.286 e. The number of para-hydroxylation sites is 1. The average molecular weight is 416 g/mol. The normalized spacial score (nSPS) is 15.4. The molecule has 3 aromatic rings. The lowest BCUT2D eigenvalue weighted by atomic mass is 10.1. The molecule has 0 fully saturated rings. The molecule has 1 aromatic heterocycles. The number of benzene rings is 2. The predicted molar refractivity (Wildman–Crippen MR) is 112 cm³/mol. The Morgan fingerprint density at radius 1 is 1.11 bits per heavy atom. The van der Waals surface area contributed by atoms with Crippen LogP contribution < -0.4 is 11.1 Å². The summed E-state index contributed by atoms with van der Waals surface area (Å²) >= 11 is 13.5. The Morgan fingerprint density at radius 2 is 1.89 bits per heavy atom. The highest BCUT2D eigenvalue weighted by molar-refractivity contribution is 8.18. The molecule has 2 aromatic carbocycles. The molecule has 0 unspecified atom stereocenters. The van der Waals surface area contributed by atoms with Gasteiger partial charge in [0.1, 0.15) is 12.1 Å². The number of hydrogen-bond acceptors (Lipinski definition) is 6. The van der Waals surface area contributed by atoms with Gasteiger partial charge in [-0.1, -0.05) is 35.3 Å². The highest BCUT2D eigenvalue weighted by Crippen LogP contribution is 2.34. The minimum atomic E-state index is -0.344. The first-order valence-electron chi connectivity index (χ1n) is 7.75. The van der Waals surface area contributed by atoms with Crippen molar-refractivity contribution in [1.29, 1.82) is 0 Å². The first-order valence-corrected chi connectivity index (χ1v) is 9.32. The van der Waals surface area contributed by atoms with Gasteiger partial charge in [-0.3, -0.25) is 4.79 Å². The van der Waals surface area contributed by atoms with E-state index in [1.165, 1.54) is 18.1 Å². The lowest BCUT2D eigenvalue weighted by molar-refractivity contribution is -0.113. The molecule has 0 bridgehead atoms. The molecular formula is C18H11Cl2N5OS. The summed E-state index contributed by atoms with van der Waals surface area (Å²) in [5.74, 6) is 0.0423. The Hall–Kier alpha value is -2.61. The average Bonchev–Trinajstić information content (AvgIpc) is 2.98. The number of hydrogen-bond donors (Lipinski definition) is 2. The summed E-state index contributed by atoms with van der Waals surface area (Å²) in [6.07, 6.45) is 3.16. The number of nitrogens with two attached hydrogens (primary N) is 1. The van der Waals surface area contributed by atoms with Crippen LogP contribution in [0.1, 0.15) is 5.56 Å². The highest BCUT2D eigenvalue weighted by Gasteiger charge is 2.23. The van der Waals surface area contributed by atoms with Gasteiger partial charge in [-0.05, 0) is 47.7 Å². The Bertz CT molecular complexity index is 1130. The number of rotatable bonds is 2.